The smallest absolute Gasteiger partial charge is 0.259 e. The summed E-state index contributed by atoms with van der Waals surface area (Å²) >= 11 is 0. The number of anilines is 1. The van der Waals surface area contributed by atoms with E-state index in [1.165, 1.54) is 11.1 Å². The number of carbonyl (C=O) groups is 1. The van der Waals surface area contributed by atoms with Crippen LogP contribution in [0.1, 0.15) is 28.4 Å². The molecule has 4 rings (SSSR count). The third-order valence-electron chi connectivity index (χ3n) is 5.48. The van der Waals surface area contributed by atoms with Gasteiger partial charge in [-0.3, -0.25) is 4.79 Å². The van der Waals surface area contributed by atoms with Gasteiger partial charge in [-0.2, -0.15) is 0 Å². The van der Waals surface area contributed by atoms with Crippen molar-refractivity contribution < 1.29 is 9.53 Å². The molecule has 1 saturated heterocycles. The first-order chi connectivity index (χ1) is 15.1. The van der Waals surface area contributed by atoms with E-state index in [0.717, 1.165) is 17.1 Å². The fourth-order valence-electron chi connectivity index (χ4n) is 3.85. The Labute approximate surface area is 182 Å². The second kappa shape index (κ2) is 9.12. The summed E-state index contributed by atoms with van der Waals surface area (Å²) in [5.41, 5.74) is 4.90. The Morgan fingerprint density at radius 2 is 1.84 bits per heavy atom. The van der Waals surface area contributed by atoms with E-state index in [1.54, 1.807) is 18.3 Å². The number of nitrogens with zero attached hydrogens (tertiary/aromatic N) is 5. The zero-order valence-corrected chi connectivity index (χ0v) is 18.2. The number of aryl methyl sites for hydroxylation is 2. The summed E-state index contributed by atoms with van der Waals surface area (Å²) in [5.74, 6) is 1.18. The van der Waals surface area contributed by atoms with Crippen molar-refractivity contribution in [2.45, 2.75) is 20.8 Å². The van der Waals surface area contributed by atoms with Crippen LogP contribution in [0.15, 0.2) is 48.7 Å². The molecule has 0 bridgehead atoms. The standard InChI is InChI=1S/C24H27N5O2/c1-4-31-23-20(6-5-11-25-23)24(30)29-14-12-28(13-15-29)22-10-9-21(26-27-22)19-8-7-17(2)16-18(19)3/h5-11,16H,4,12-15H2,1-3H3. The highest BCUT2D eigenvalue weighted by Gasteiger charge is 2.25. The van der Waals surface area contributed by atoms with E-state index in [1.807, 2.05) is 24.0 Å². The lowest BCUT2D eigenvalue weighted by Crippen LogP contribution is -2.49. The van der Waals surface area contributed by atoms with Crippen molar-refractivity contribution in [1.29, 1.82) is 0 Å². The Morgan fingerprint density at radius 1 is 1.03 bits per heavy atom. The highest BCUT2D eigenvalue weighted by molar-refractivity contribution is 5.96. The van der Waals surface area contributed by atoms with Gasteiger partial charge in [0.1, 0.15) is 5.56 Å². The van der Waals surface area contributed by atoms with E-state index in [9.17, 15) is 4.79 Å². The molecule has 0 aliphatic carbocycles. The molecule has 31 heavy (non-hydrogen) atoms. The summed E-state index contributed by atoms with van der Waals surface area (Å²) in [6.45, 7) is 9.16. The SMILES string of the molecule is CCOc1ncccc1C(=O)N1CCN(c2ccc(-c3ccc(C)cc3C)nn2)CC1. The van der Waals surface area contributed by atoms with E-state index >= 15 is 0 Å². The molecule has 0 unspecified atom stereocenters. The molecule has 1 aliphatic rings. The summed E-state index contributed by atoms with van der Waals surface area (Å²) in [5, 5.41) is 8.90. The Kier molecular flexibility index (Phi) is 6.11. The van der Waals surface area contributed by atoms with E-state index in [2.05, 4.69) is 52.1 Å². The van der Waals surface area contributed by atoms with Crippen LogP contribution in [0.5, 0.6) is 5.88 Å². The first kappa shape index (κ1) is 20.8. The molecular formula is C24H27N5O2. The van der Waals surface area contributed by atoms with Crippen molar-refractivity contribution in [3.05, 3.63) is 65.4 Å². The quantitative estimate of drug-likeness (QED) is 0.633. The maximum atomic E-state index is 13.0. The first-order valence-corrected chi connectivity index (χ1v) is 10.6. The van der Waals surface area contributed by atoms with Crippen LogP contribution < -0.4 is 9.64 Å². The molecule has 1 amide bonds. The number of ether oxygens (including phenoxy) is 1. The molecule has 0 spiro atoms. The van der Waals surface area contributed by atoms with Crippen molar-refractivity contribution >= 4 is 11.7 Å². The lowest BCUT2D eigenvalue weighted by molar-refractivity contribution is 0.0741. The van der Waals surface area contributed by atoms with Crippen LogP contribution in [0.3, 0.4) is 0 Å². The molecule has 160 valence electrons. The average molecular weight is 418 g/mol. The summed E-state index contributed by atoms with van der Waals surface area (Å²) in [6, 6.07) is 13.9. The molecule has 0 radical (unpaired) electrons. The maximum Gasteiger partial charge on any atom is 0.259 e. The number of pyridine rings is 1. The van der Waals surface area contributed by atoms with E-state index in [4.69, 9.17) is 4.74 Å². The van der Waals surface area contributed by atoms with Gasteiger partial charge in [0.05, 0.1) is 12.3 Å². The zero-order chi connectivity index (χ0) is 21.8. The number of carbonyl (C=O) groups excluding carboxylic acids is 1. The predicted molar refractivity (Wildman–Crippen MR) is 120 cm³/mol. The maximum absolute atomic E-state index is 13.0. The van der Waals surface area contributed by atoms with Crippen molar-refractivity contribution in [1.82, 2.24) is 20.1 Å². The van der Waals surface area contributed by atoms with Crippen LogP contribution >= 0.6 is 0 Å². The van der Waals surface area contributed by atoms with Crippen LogP contribution in [0.2, 0.25) is 0 Å². The molecule has 1 fully saturated rings. The molecule has 2 aromatic heterocycles. The number of rotatable bonds is 5. The molecule has 1 aromatic carbocycles. The van der Waals surface area contributed by atoms with E-state index < -0.39 is 0 Å². The molecule has 0 N–H and O–H groups in total. The van der Waals surface area contributed by atoms with Crippen LogP contribution in [-0.4, -0.2) is 58.8 Å². The fourth-order valence-corrected chi connectivity index (χ4v) is 3.85. The number of aromatic nitrogens is 3. The Morgan fingerprint density at radius 3 is 2.52 bits per heavy atom. The van der Waals surface area contributed by atoms with Crippen LogP contribution in [0.25, 0.3) is 11.3 Å². The summed E-state index contributed by atoms with van der Waals surface area (Å²) in [4.78, 5) is 21.2. The van der Waals surface area contributed by atoms with Crippen molar-refractivity contribution in [3.63, 3.8) is 0 Å². The zero-order valence-electron chi connectivity index (χ0n) is 18.2. The van der Waals surface area contributed by atoms with Gasteiger partial charge >= 0.3 is 0 Å². The Bertz CT molecular complexity index is 1060. The van der Waals surface area contributed by atoms with Gasteiger partial charge in [0.2, 0.25) is 5.88 Å². The van der Waals surface area contributed by atoms with Gasteiger partial charge in [-0.25, -0.2) is 4.98 Å². The normalized spacial score (nSPS) is 13.9. The van der Waals surface area contributed by atoms with Gasteiger partial charge in [0.15, 0.2) is 5.82 Å². The number of amides is 1. The van der Waals surface area contributed by atoms with Crippen LogP contribution in [0.4, 0.5) is 5.82 Å². The Balaban J connectivity index is 1.41. The number of benzene rings is 1. The van der Waals surface area contributed by atoms with Crippen molar-refractivity contribution in [3.8, 4) is 17.1 Å². The largest absolute Gasteiger partial charge is 0.477 e. The van der Waals surface area contributed by atoms with Gasteiger partial charge in [-0.1, -0.05) is 23.8 Å². The highest BCUT2D eigenvalue weighted by atomic mass is 16.5. The molecule has 3 aromatic rings. The second-order valence-corrected chi connectivity index (χ2v) is 7.66. The topological polar surface area (TPSA) is 71.5 Å². The molecule has 7 nitrogen and oxygen atoms in total. The van der Waals surface area contributed by atoms with Gasteiger partial charge in [0, 0.05) is 37.9 Å². The third-order valence-corrected chi connectivity index (χ3v) is 5.48. The van der Waals surface area contributed by atoms with Crippen LogP contribution in [0, 0.1) is 13.8 Å². The lowest BCUT2D eigenvalue weighted by atomic mass is 10.0. The molecule has 7 heteroatoms. The molecular weight excluding hydrogens is 390 g/mol. The van der Waals surface area contributed by atoms with Crippen molar-refractivity contribution in [2.75, 3.05) is 37.7 Å². The number of hydrogen-bond donors (Lipinski definition) is 0. The Hall–Kier alpha value is -3.48. The molecule has 1 aliphatic heterocycles. The summed E-state index contributed by atoms with van der Waals surface area (Å²) < 4.78 is 5.51. The third kappa shape index (κ3) is 4.50. The second-order valence-electron chi connectivity index (χ2n) is 7.66. The molecule has 0 saturated carbocycles. The van der Waals surface area contributed by atoms with Gasteiger partial charge in [-0.05, 0) is 50.6 Å². The summed E-state index contributed by atoms with van der Waals surface area (Å²) in [6.07, 6.45) is 1.64. The number of hydrogen-bond acceptors (Lipinski definition) is 6. The minimum absolute atomic E-state index is 0.0486. The van der Waals surface area contributed by atoms with E-state index in [-0.39, 0.29) is 5.91 Å². The summed E-state index contributed by atoms with van der Waals surface area (Å²) in [7, 11) is 0. The van der Waals surface area contributed by atoms with Gasteiger partial charge in [0.25, 0.3) is 5.91 Å². The van der Waals surface area contributed by atoms with E-state index in [0.29, 0.717) is 44.2 Å². The predicted octanol–water partition coefficient (Wildman–Crippen LogP) is 3.52. The molecule has 0 atom stereocenters. The first-order valence-electron chi connectivity index (χ1n) is 10.6. The molecule has 3 heterocycles. The highest BCUT2D eigenvalue weighted by Crippen LogP contribution is 2.24. The monoisotopic (exact) mass is 417 g/mol. The lowest BCUT2D eigenvalue weighted by Gasteiger charge is -2.35. The fraction of sp³-hybridized carbons (Fsp3) is 0.333. The minimum atomic E-state index is -0.0486. The van der Waals surface area contributed by atoms with Crippen LogP contribution in [-0.2, 0) is 0 Å². The van der Waals surface area contributed by atoms with Gasteiger partial charge < -0.3 is 14.5 Å². The van der Waals surface area contributed by atoms with Gasteiger partial charge in [-0.15, -0.1) is 10.2 Å². The van der Waals surface area contributed by atoms with Crippen molar-refractivity contribution in [2.24, 2.45) is 0 Å². The average Bonchev–Trinajstić information content (AvgIpc) is 2.80. The minimum Gasteiger partial charge on any atom is -0.477 e. The number of piperazine rings is 1.